The molecular formula is C17H27NO3. The van der Waals surface area contributed by atoms with Crippen molar-refractivity contribution >= 4 is 0 Å². The summed E-state index contributed by atoms with van der Waals surface area (Å²) in [6.45, 7) is 3.69. The molecule has 118 valence electrons. The van der Waals surface area contributed by atoms with Gasteiger partial charge in [0.1, 0.15) is 11.5 Å². The first-order valence-corrected chi connectivity index (χ1v) is 7.80. The molecule has 1 N–H and O–H groups in total. The molecule has 0 heterocycles. The fourth-order valence-electron chi connectivity index (χ4n) is 2.67. The third kappa shape index (κ3) is 4.90. The number of rotatable bonds is 9. The molecule has 0 radical (unpaired) electrons. The van der Waals surface area contributed by atoms with Crippen LogP contribution in [0.15, 0.2) is 18.2 Å². The maximum atomic E-state index is 10.1. The summed E-state index contributed by atoms with van der Waals surface area (Å²) in [5, 5.41) is 10.1. The molecule has 1 saturated carbocycles. The van der Waals surface area contributed by atoms with Crippen molar-refractivity contribution in [2.45, 2.75) is 51.3 Å². The van der Waals surface area contributed by atoms with Gasteiger partial charge in [-0.15, -0.1) is 0 Å². The van der Waals surface area contributed by atoms with Gasteiger partial charge in [-0.05, 0) is 37.0 Å². The van der Waals surface area contributed by atoms with E-state index in [1.807, 2.05) is 18.2 Å². The molecule has 1 fully saturated rings. The fraction of sp³-hybridized carbons (Fsp3) is 0.647. The Morgan fingerprint density at radius 2 is 1.81 bits per heavy atom. The predicted molar refractivity (Wildman–Crippen MR) is 83.9 cm³/mol. The highest BCUT2D eigenvalue weighted by Gasteiger charge is 2.30. The van der Waals surface area contributed by atoms with Gasteiger partial charge in [0.2, 0.25) is 0 Å². The van der Waals surface area contributed by atoms with Crippen LogP contribution in [0.5, 0.6) is 11.5 Å². The lowest BCUT2D eigenvalue weighted by Crippen LogP contribution is -2.33. The second-order valence-electron chi connectivity index (χ2n) is 5.82. The normalized spacial score (nSPS) is 16.0. The number of ether oxygens (including phenoxy) is 2. The molecule has 0 aliphatic heterocycles. The smallest absolute Gasteiger partial charge is 0.122 e. The molecule has 2 rings (SSSR count). The second-order valence-corrected chi connectivity index (χ2v) is 5.82. The van der Waals surface area contributed by atoms with Gasteiger partial charge in [-0.3, -0.25) is 4.90 Å². The van der Waals surface area contributed by atoms with Crippen molar-refractivity contribution in [3.05, 3.63) is 23.8 Å². The zero-order chi connectivity index (χ0) is 15.2. The lowest BCUT2D eigenvalue weighted by atomic mass is 10.1. The summed E-state index contributed by atoms with van der Waals surface area (Å²) < 4.78 is 10.7. The monoisotopic (exact) mass is 293 g/mol. The minimum absolute atomic E-state index is 0.233. The topological polar surface area (TPSA) is 41.9 Å². The van der Waals surface area contributed by atoms with Crippen molar-refractivity contribution in [1.29, 1.82) is 0 Å². The molecule has 1 aromatic rings. The van der Waals surface area contributed by atoms with Crippen molar-refractivity contribution in [3.8, 4) is 11.5 Å². The van der Waals surface area contributed by atoms with E-state index in [0.717, 1.165) is 37.4 Å². The van der Waals surface area contributed by atoms with Crippen molar-refractivity contribution in [2.75, 3.05) is 20.8 Å². The fourth-order valence-corrected chi connectivity index (χ4v) is 2.67. The average Bonchev–Trinajstić information content (AvgIpc) is 3.31. The van der Waals surface area contributed by atoms with E-state index in [2.05, 4.69) is 11.8 Å². The summed E-state index contributed by atoms with van der Waals surface area (Å²) >= 11 is 0. The highest BCUT2D eigenvalue weighted by molar-refractivity contribution is 5.38. The van der Waals surface area contributed by atoms with E-state index in [-0.39, 0.29) is 6.10 Å². The van der Waals surface area contributed by atoms with E-state index in [0.29, 0.717) is 6.04 Å². The summed E-state index contributed by atoms with van der Waals surface area (Å²) in [5.74, 6) is 1.63. The number of aliphatic hydroxyl groups excluding tert-OH is 1. The van der Waals surface area contributed by atoms with E-state index in [1.54, 1.807) is 14.2 Å². The third-order valence-electron chi connectivity index (χ3n) is 3.93. The quantitative estimate of drug-likeness (QED) is 0.760. The molecule has 1 aliphatic carbocycles. The number of hydrogen-bond acceptors (Lipinski definition) is 4. The lowest BCUT2D eigenvalue weighted by molar-refractivity contribution is 0.0966. The Balaban J connectivity index is 2.05. The van der Waals surface area contributed by atoms with Gasteiger partial charge >= 0.3 is 0 Å². The van der Waals surface area contributed by atoms with E-state index in [4.69, 9.17) is 9.47 Å². The lowest BCUT2D eigenvalue weighted by Gasteiger charge is -2.25. The molecule has 0 spiro atoms. The zero-order valence-electron chi connectivity index (χ0n) is 13.3. The molecule has 1 atom stereocenters. The maximum Gasteiger partial charge on any atom is 0.122 e. The Kier molecular flexibility index (Phi) is 5.88. The van der Waals surface area contributed by atoms with Gasteiger partial charge < -0.3 is 14.6 Å². The summed E-state index contributed by atoms with van der Waals surface area (Å²) in [6.07, 6.45) is 4.13. The molecule has 0 unspecified atom stereocenters. The Hall–Kier alpha value is -1.26. The highest BCUT2D eigenvalue weighted by Crippen LogP contribution is 2.30. The first-order chi connectivity index (χ1) is 10.2. The second kappa shape index (κ2) is 7.66. The molecular weight excluding hydrogens is 266 g/mol. The van der Waals surface area contributed by atoms with E-state index < -0.39 is 0 Å². The van der Waals surface area contributed by atoms with Crippen LogP contribution in [-0.4, -0.2) is 42.9 Å². The van der Waals surface area contributed by atoms with Crippen molar-refractivity contribution in [2.24, 2.45) is 0 Å². The van der Waals surface area contributed by atoms with E-state index in [1.165, 1.54) is 18.4 Å². The standard InChI is InChI=1S/C17H27NO3/c1-4-5-15(19)12-18(14-6-7-14)11-13-8-16(20-2)10-17(9-13)21-3/h8-10,14-15,19H,4-7,11-12H2,1-3H3/t15-/m1/s1. The van der Waals surface area contributed by atoms with Crippen LogP contribution in [0, 0.1) is 0 Å². The van der Waals surface area contributed by atoms with Gasteiger partial charge in [-0.25, -0.2) is 0 Å². The predicted octanol–water partition coefficient (Wildman–Crippen LogP) is 2.83. The van der Waals surface area contributed by atoms with E-state index >= 15 is 0 Å². The first kappa shape index (κ1) is 16.1. The van der Waals surface area contributed by atoms with Crippen LogP contribution < -0.4 is 9.47 Å². The van der Waals surface area contributed by atoms with Crippen molar-refractivity contribution in [1.82, 2.24) is 4.90 Å². The summed E-state index contributed by atoms with van der Waals surface area (Å²) in [4.78, 5) is 2.38. The van der Waals surface area contributed by atoms with Gasteiger partial charge in [-0.1, -0.05) is 13.3 Å². The number of aliphatic hydroxyl groups is 1. The average molecular weight is 293 g/mol. The summed E-state index contributed by atoms with van der Waals surface area (Å²) in [7, 11) is 3.34. The minimum atomic E-state index is -0.233. The van der Waals surface area contributed by atoms with Crippen LogP contribution >= 0.6 is 0 Å². The Bertz CT molecular complexity index is 423. The number of hydrogen-bond donors (Lipinski definition) is 1. The molecule has 0 amide bonds. The minimum Gasteiger partial charge on any atom is -0.497 e. The van der Waals surface area contributed by atoms with Crippen molar-refractivity contribution in [3.63, 3.8) is 0 Å². The number of benzene rings is 1. The van der Waals surface area contributed by atoms with Gasteiger partial charge in [0.25, 0.3) is 0 Å². The number of nitrogens with zero attached hydrogens (tertiary/aromatic N) is 1. The van der Waals surface area contributed by atoms with Crippen LogP contribution in [0.4, 0.5) is 0 Å². The Labute approximate surface area is 127 Å². The first-order valence-electron chi connectivity index (χ1n) is 7.80. The molecule has 0 aromatic heterocycles. The van der Waals surface area contributed by atoms with Crippen LogP contribution in [0.25, 0.3) is 0 Å². The number of methoxy groups -OCH3 is 2. The molecule has 0 bridgehead atoms. The summed E-state index contributed by atoms with van der Waals surface area (Å²) in [6, 6.07) is 6.60. The molecule has 4 nitrogen and oxygen atoms in total. The molecule has 0 saturated heterocycles. The molecule has 21 heavy (non-hydrogen) atoms. The van der Waals surface area contributed by atoms with Crippen LogP contribution in [0.3, 0.4) is 0 Å². The third-order valence-corrected chi connectivity index (χ3v) is 3.93. The Morgan fingerprint density at radius 3 is 2.29 bits per heavy atom. The van der Waals surface area contributed by atoms with Crippen LogP contribution in [0.1, 0.15) is 38.2 Å². The van der Waals surface area contributed by atoms with Gasteiger partial charge in [0.15, 0.2) is 0 Å². The SMILES string of the molecule is CCC[C@@H](O)CN(Cc1cc(OC)cc(OC)c1)C1CC1. The van der Waals surface area contributed by atoms with Gasteiger partial charge in [0, 0.05) is 25.2 Å². The molecule has 4 heteroatoms. The largest absolute Gasteiger partial charge is 0.497 e. The molecule has 1 aliphatic rings. The van der Waals surface area contributed by atoms with Crippen LogP contribution in [0.2, 0.25) is 0 Å². The van der Waals surface area contributed by atoms with Crippen molar-refractivity contribution < 1.29 is 14.6 Å². The van der Waals surface area contributed by atoms with Gasteiger partial charge in [0.05, 0.1) is 20.3 Å². The van der Waals surface area contributed by atoms with E-state index in [9.17, 15) is 5.11 Å². The van der Waals surface area contributed by atoms with Gasteiger partial charge in [-0.2, -0.15) is 0 Å². The summed E-state index contributed by atoms with van der Waals surface area (Å²) in [5.41, 5.74) is 1.17. The highest BCUT2D eigenvalue weighted by atomic mass is 16.5. The zero-order valence-corrected chi connectivity index (χ0v) is 13.3. The molecule has 1 aromatic carbocycles. The Morgan fingerprint density at radius 1 is 1.19 bits per heavy atom. The van der Waals surface area contributed by atoms with Crippen LogP contribution in [-0.2, 0) is 6.54 Å². The maximum absolute atomic E-state index is 10.1.